The number of hydrogen-bond donors (Lipinski definition) is 1. The highest BCUT2D eigenvalue weighted by Crippen LogP contribution is 2.23. The second-order valence-electron chi connectivity index (χ2n) is 3.87. The molecule has 5 heteroatoms. The van der Waals surface area contributed by atoms with E-state index in [1.165, 1.54) is 30.5 Å². The fraction of sp³-hybridized carbons (Fsp3) is 0.154. The first-order valence-corrected chi connectivity index (χ1v) is 5.67. The first-order chi connectivity index (χ1) is 8.58. The minimum Gasteiger partial charge on any atom is -0.388 e. The molecule has 2 aromatic rings. The number of nitrogens with zero attached hydrogens (tertiary/aromatic N) is 1. The van der Waals surface area contributed by atoms with Crippen molar-refractivity contribution in [2.24, 2.45) is 0 Å². The van der Waals surface area contributed by atoms with E-state index in [1.54, 1.807) is 0 Å². The van der Waals surface area contributed by atoms with Crippen LogP contribution in [-0.2, 0) is 6.42 Å². The van der Waals surface area contributed by atoms with Gasteiger partial charge in [-0.25, -0.2) is 8.78 Å². The number of benzene rings is 1. The average molecular weight is 270 g/mol. The van der Waals surface area contributed by atoms with Gasteiger partial charge in [-0.2, -0.15) is 0 Å². The number of pyridine rings is 1. The van der Waals surface area contributed by atoms with Crippen LogP contribution in [0.2, 0.25) is 5.02 Å². The van der Waals surface area contributed by atoms with Crippen LogP contribution < -0.4 is 0 Å². The summed E-state index contributed by atoms with van der Waals surface area (Å²) in [5.74, 6) is -1.09. The van der Waals surface area contributed by atoms with Gasteiger partial charge in [0.05, 0.1) is 17.3 Å². The summed E-state index contributed by atoms with van der Waals surface area (Å²) in [6, 6.07) is 5.54. The van der Waals surface area contributed by atoms with Crippen molar-refractivity contribution in [3.05, 3.63) is 64.4 Å². The van der Waals surface area contributed by atoms with Crippen molar-refractivity contribution in [2.45, 2.75) is 12.5 Å². The number of aromatic nitrogens is 1. The van der Waals surface area contributed by atoms with Gasteiger partial charge in [-0.3, -0.25) is 4.98 Å². The molecule has 2 nitrogen and oxygen atoms in total. The highest BCUT2D eigenvalue weighted by Gasteiger charge is 2.14. The smallest absolute Gasteiger partial charge is 0.147 e. The van der Waals surface area contributed by atoms with E-state index in [9.17, 15) is 13.9 Å². The number of aliphatic hydroxyl groups is 1. The third-order valence-corrected chi connectivity index (χ3v) is 2.87. The Hall–Kier alpha value is -1.52. The zero-order valence-corrected chi connectivity index (χ0v) is 10.0. The number of halogens is 3. The summed E-state index contributed by atoms with van der Waals surface area (Å²) in [4.78, 5) is 3.60. The summed E-state index contributed by atoms with van der Waals surface area (Å²) in [6.07, 6.45) is 1.57. The monoisotopic (exact) mass is 269 g/mol. The second-order valence-corrected chi connectivity index (χ2v) is 4.27. The van der Waals surface area contributed by atoms with Gasteiger partial charge in [0.1, 0.15) is 11.6 Å². The summed E-state index contributed by atoms with van der Waals surface area (Å²) in [6.45, 7) is 0. The maximum atomic E-state index is 13.4. The third kappa shape index (κ3) is 2.83. The number of hydrogen-bond acceptors (Lipinski definition) is 2. The van der Waals surface area contributed by atoms with Crippen molar-refractivity contribution in [1.82, 2.24) is 4.98 Å². The van der Waals surface area contributed by atoms with E-state index in [-0.39, 0.29) is 17.0 Å². The molecule has 0 amide bonds. The van der Waals surface area contributed by atoms with E-state index in [1.807, 2.05) is 0 Å². The molecule has 1 unspecified atom stereocenters. The molecule has 0 bridgehead atoms. The molecular weight excluding hydrogens is 260 g/mol. The first-order valence-electron chi connectivity index (χ1n) is 5.29. The average Bonchev–Trinajstić information content (AvgIpc) is 2.34. The Morgan fingerprint density at radius 2 is 2.00 bits per heavy atom. The summed E-state index contributed by atoms with van der Waals surface area (Å²) in [7, 11) is 0. The van der Waals surface area contributed by atoms with Crippen LogP contribution in [0, 0.1) is 11.6 Å². The van der Waals surface area contributed by atoms with Crippen LogP contribution in [0.3, 0.4) is 0 Å². The van der Waals surface area contributed by atoms with Crippen molar-refractivity contribution in [1.29, 1.82) is 0 Å². The predicted octanol–water partition coefficient (Wildman–Crippen LogP) is 3.29. The Morgan fingerprint density at radius 3 is 2.67 bits per heavy atom. The van der Waals surface area contributed by atoms with E-state index in [0.717, 1.165) is 6.20 Å². The molecule has 0 aliphatic carbocycles. The van der Waals surface area contributed by atoms with Crippen LogP contribution in [0.15, 0.2) is 36.7 Å². The standard InChI is InChI=1S/C13H10ClF2NO/c14-10-5-8(1-2-11(10)15)6-13(18)9-3-4-17-7-12(9)16/h1-5,7,13,18H,6H2. The Bertz CT molecular complexity index is 562. The molecule has 2 rings (SSSR count). The van der Waals surface area contributed by atoms with E-state index < -0.39 is 17.7 Å². The van der Waals surface area contributed by atoms with Gasteiger partial charge in [-0.05, 0) is 23.8 Å². The molecule has 0 spiro atoms. The lowest BCUT2D eigenvalue weighted by Crippen LogP contribution is -2.04. The van der Waals surface area contributed by atoms with Gasteiger partial charge in [-0.1, -0.05) is 17.7 Å². The van der Waals surface area contributed by atoms with Crippen LogP contribution >= 0.6 is 11.6 Å². The molecule has 94 valence electrons. The first kappa shape index (κ1) is 12.9. The number of rotatable bonds is 3. The van der Waals surface area contributed by atoms with Crippen LogP contribution in [0.4, 0.5) is 8.78 Å². The lowest BCUT2D eigenvalue weighted by Gasteiger charge is -2.12. The molecule has 0 fully saturated rings. The lowest BCUT2D eigenvalue weighted by atomic mass is 10.0. The normalized spacial score (nSPS) is 12.4. The Balaban J connectivity index is 2.19. The molecular formula is C13H10ClF2NO. The topological polar surface area (TPSA) is 33.1 Å². The second kappa shape index (κ2) is 5.42. The highest BCUT2D eigenvalue weighted by molar-refractivity contribution is 6.30. The summed E-state index contributed by atoms with van der Waals surface area (Å²) in [5.41, 5.74) is 0.788. The molecule has 1 aromatic heterocycles. The SMILES string of the molecule is OC(Cc1ccc(F)c(Cl)c1)c1ccncc1F. The fourth-order valence-corrected chi connectivity index (χ4v) is 1.86. The quantitative estimate of drug-likeness (QED) is 0.927. The Morgan fingerprint density at radius 1 is 1.22 bits per heavy atom. The fourth-order valence-electron chi connectivity index (χ4n) is 1.66. The van der Waals surface area contributed by atoms with Crippen molar-refractivity contribution in [2.75, 3.05) is 0 Å². The molecule has 1 aromatic carbocycles. The maximum absolute atomic E-state index is 13.4. The van der Waals surface area contributed by atoms with Gasteiger partial charge in [0.25, 0.3) is 0 Å². The summed E-state index contributed by atoms with van der Waals surface area (Å²) >= 11 is 5.63. The van der Waals surface area contributed by atoms with E-state index in [4.69, 9.17) is 11.6 Å². The minimum atomic E-state index is -1.02. The highest BCUT2D eigenvalue weighted by atomic mass is 35.5. The van der Waals surface area contributed by atoms with Crippen LogP contribution in [-0.4, -0.2) is 10.1 Å². The van der Waals surface area contributed by atoms with Gasteiger partial charge in [0, 0.05) is 18.2 Å². The Kier molecular flexibility index (Phi) is 3.89. The van der Waals surface area contributed by atoms with Gasteiger partial charge in [0.15, 0.2) is 0 Å². The zero-order valence-electron chi connectivity index (χ0n) is 9.28. The lowest BCUT2D eigenvalue weighted by molar-refractivity contribution is 0.173. The molecule has 0 saturated carbocycles. The Labute approximate surface area is 108 Å². The predicted molar refractivity (Wildman–Crippen MR) is 64.3 cm³/mol. The number of aliphatic hydroxyl groups excluding tert-OH is 1. The maximum Gasteiger partial charge on any atom is 0.147 e. The largest absolute Gasteiger partial charge is 0.388 e. The van der Waals surface area contributed by atoms with Crippen LogP contribution in [0.25, 0.3) is 0 Å². The minimum absolute atomic E-state index is 0.0186. The molecule has 1 atom stereocenters. The van der Waals surface area contributed by atoms with Crippen LogP contribution in [0.1, 0.15) is 17.2 Å². The van der Waals surface area contributed by atoms with Crippen molar-refractivity contribution >= 4 is 11.6 Å². The van der Waals surface area contributed by atoms with Gasteiger partial charge < -0.3 is 5.11 Å². The molecule has 18 heavy (non-hydrogen) atoms. The van der Waals surface area contributed by atoms with E-state index >= 15 is 0 Å². The van der Waals surface area contributed by atoms with E-state index in [0.29, 0.717) is 5.56 Å². The zero-order chi connectivity index (χ0) is 13.1. The third-order valence-electron chi connectivity index (χ3n) is 2.58. The van der Waals surface area contributed by atoms with Gasteiger partial charge in [0.2, 0.25) is 0 Å². The molecule has 1 N–H and O–H groups in total. The van der Waals surface area contributed by atoms with Crippen molar-refractivity contribution in [3.63, 3.8) is 0 Å². The van der Waals surface area contributed by atoms with Crippen molar-refractivity contribution < 1.29 is 13.9 Å². The van der Waals surface area contributed by atoms with Crippen molar-refractivity contribution in [3.8, 4) is 0 Å². The molecule has 0 saturated heterocycles. The summed E-state index contributed by atoms with van der Waals surface area (Å²) < 4.78 is 26.3. The van der Waals surface area contributed by atoms with Gasteiger partial charge in [-0.15, -0.1) is 0 Å². The summed E-state index contributed by atoms with van der Waals surface area (Å²) in [5, 5.41) is 9.89. The molecule has 0 aliphatic rings. The van der Waals surface area contributed by atoms with Gasteiger partial charge >= 0.3 is 0 Å². The molecule has 0 radical (unpaired) electrons. The van der Waals surface area contributed by atoms with Crippen LogP contribution in [0.5, 0.6) is 0 Å². The molecule has 1 heterocycles. The van der Waals surface area contributed by atoms with E-state index in [2.05, 4.69) is 4.98 Å². The molecule has 0 aliphatic heterocycles.